The summed E-state index contributed by atoms with van der Waals surface area (Å²) in [5, 5.41) is 12.4. The van der Waals surface area contributed by atoms with Crippen LogP contribution < -0.4 is 10.9 Å². The van der Waals surface area contributed by atoms with E-state index in [0.29, 0.717) is 41.4 Å². The van der Waals surface area contributed by atoms with Crippen molar-refractivity contribution in [3.05, 3.63) is 64.4 Å². The summed E-state index contributed by atoms with van der Waals surface area (Å²) < 4.78 is 8.63. The van der Waals surface area contributed by atoms with Gasteiger partial charge in [-0.3, -0.25) is 18.6 Å². The molecular formula is C26H31N5O3S. The van der Waals surface area contributed by atoms with Gasteiger partial charge in [-0.25, -0.2) is 0 Å². The van der Waals surface area contributed by atoms with Crippen LogP contribution in [0.2, 0.25) is 0 Å². The molecule has 9 heteroatoms. The average Bonchev–Trinajstić information content (AvgIpc) is 3.24. The number of aromatic nitrogens is 4. The zero-order chi connectivity index (χ0) is 25.2. The Balaban J connectivity index is 1.61. The first kappa shape index (κ1) is 24.9. The molecule has 4 aromatic rings. The summed E-state index contributed by atoms with van der Waals surface area (Å²) >= 11 is 1.31. The van der Waals surface area contributed by atoms with Gasteiger partial charge in [0.05, 0.1) is 16.2 Å². The molecule has 1 N–H and O–H groups in total. The number of carbonyl (C=O) groups is 1. The van der Waals surface area contributed by atoms with Gasteiger partial charge in [-0.05, 0) is 48.6 Å². The number of para-hydroxylation sites is 1. The molecule has 0 bridgehead atoms. The molecule has 2 aromatic carbocycles. The van der Waals surface area contributed by atoms with Crippen molar-refractivity contribution in [1.29, 1.82) is 0 Å². The van der Waals surface area contributed by atoms with Gasteiger partial charge in [0.1, 0.15) is 0 Å². The summed E-state index contributed by atoms with van der Waals surface area (Å²) in [6.45, 7) is 9.30. The van der Waals surface area contributed by atoms with E-state index in [-0.39, 0.29) is 16.9 Å². The van der Waals surface area contributed by atoms with Crippen LogP contribution in [0.1, 0.15) is 39.7 Å². The van der Waals surface area contributed by atoms with Gasteiger partial charge in [-0.15, -0.1) is 10.2 Å². The number of hydrogen-bond donors (Lipinski definition) is 1. The number of nitrogens with zero attached hydrogens (tertiary/aromatic N) is 4. The number of aryl methyl sites for hydroxylation is 1. The van der Waals surface area contributed by atoms with E-state index >= 15 is 0 Å². The normalized spacial score (nSPS) is 12.8. The molecule has 4 rings (SSSR count). The molecule has 0 aliphatic heterocycles. The third-order valence-corrected chi connectivity index (χ3v) is 6.92. The number of carbonyl (C=O) groups excluding carboxylic acids is 1. The van der Waals surface area contributed by atoms with Crippen LogP contribution in [-0.4, -0.2) is 44.0 Å². The summed E-state index contributed by atoms with van der Waals surface area (Å²) in [7, 11) is 1.63. The van der Waals surface area contributed by atoms with Crippen molar-refractivity contribution in [2.24, 2.45) is 0 Å². The van der Waals surface area contributed by atoms with E-state index in [1.54, 1.807) is 17.7 Å². The molecule has 0 spiro atoms. The number of rotatable bonds is 8. The Hall–Kier alpha value is -3.17. The molecule has 2 heterocycles. The van der Waals surface area contributed by atoms with Gasteiger partial charge in [-0.2, -0.15) is 0 Å². The number of nitrogens with one attached hydrogen (secondary N) is 1. The summed E-state index contributed by atoms with van der Waals surface area (Å²) in [6, 6.07) is 15.3. The first-order chi connectivity index (χ1) is 16.7. The number of benzene rings is 2. The maximum atomic E-state index is 13.1. The first-order valence-electron chi connectivity index (χ1n) is 11.6. The SMILES string of the molecule is COCCCn1c(=O)c2ccccc2n2c(SC(C)C(=O)Nc3ccc(C(C)(C)C)cc3)nnc12. The fourth-order valence-corrected chi connectivity index (χ4v) is 4.74. The number of fused-ring (bicyclic) bond motifs is 3. The Morgan fingerprint density at radius 2 is 1.83 bits per heavy atom. The first-order valence-corrected chi connectivity index (χ1v) is 12.5. The van der Waals surface area contributed by atoms with Gasteiger partial charge >= 0.3 is 0 Å². The zero-order valence-corrected chi connectivity index (χ0v) is 21.6. The Morgan fingerprint density at radius 1 is 1.11 bits per heavy atom. The molecule has 8 nitrogen and oxygen atoms in total. The second-order valence-corrected chi connectivity index (χ2v) is 10.8. The minimum atomic E-state index is -0.433. The maximum absolute atomic E-state index is 13.1. The van der Waals surface area contributed by atoms with Gasteiger partial charge in [0.2, 0.25) is 11.7 Å². The van der Waals surface area contributed by atoms with Crippen LogP contribution in [0, 0.1) is 0 Å². The van der Waals surface area contributed by atoms with Crippen LogP contribution in [0.4, 0.5) is 5.69 Å². The zero-order valence-electron chi connectivity index (χ0n) is 20.7. The van der Waals surface area contributed by atoms with Crippen LogP contribution in [0.25, 0.3) is 16.7 Å². The largest absolute Gasteiger partial charge is 0.385 e. The summed E-state index contributed by atoms with van der Waals surface area (Å²) in [6.07, 6.45) is 0.673. The topological polar surface area (TPSA) is 90.5 Å². The molecule has 0 aliphatic carbocycles. The molecule has 0 radical (unpaired) electrons. The second kappa shape index (κ2) is 10.2. The van der Waals surface area contributed by atoms with Gasteiger partial charge < -0.3 is 10.1 Å². The van der Waals surface area contributed by atoms with Crippen LogP contribution in [0.3, 0.4) is 0 Å². The van der Waals surface area contributed by atoms with Crippen molar-refractivity contribution in [3.8, 4) is 0 Å². The number of thioether (sulfide) groups is 1. The monoisotopic (exact) mass is 493 g/mol. The molecule has 0 saturated heterocycles. The van der Waals surface area contributed by atoms with E-state index in [2.05, 4.69) is 36.3 Å². The van der Waals surface area contributed by atoms with Gasteiger partial charge in [-0.1, -0.05) is 56.8 Å². The van der Waals surface area contributed by atoms with E-state index in [0.717, 1.165) is 5.69 Å². The van der Waals surface area contributed by atoms with E-state index in [4.69, 9.17) is 4.74 Å². The highest BCUT2D eigenvalue weighted by Gasteiger charge is 2.22. The lowest BCUT2D eigenvalue weighted by Crippen LogP contribution is -2.25. The highest BCUT2D eigenvalue weighted by Crippen LogP contribution is 2.27. The Bertz CT molecular complexity index is 1400. The third-order valence-electron chi connectivity index (χ3n) is 5.88. The maximum Gasteiger partial charge on any atom is 0.262 e. The van der Waals surface area contributed by atoms with Gasteiger partial charge in [0.15, 0.2) is 5.16 Å². The number of methoxy groups -OCH3 is 1. The van der Waals surface area contributed by atoms with E-state index in [9.17, 15) is 9.59 Å². The molecule has 1 atom stereocenters. The molecule has 35 heavy (non-hydrogen) atoms. The lowest BCUT2D eigenvalue weighted by molar-refractivity contribution is -0.115. The highest BCUT2D eigenvalue weighted by molar-refractivity contribution is 8.00. The molecule has 0 saturated carbocycles. The average molecular weight is 494 g/mol. The molecule has 0 fully saturated rings. The van der Waals surface area contributed by atoms with Gasteiger partial charge in [0.25, 0.3) is 5.56 Å². The molecule has 184 valence electrons. The Morgan fingerprint density at radius 3 is 2.51 bits per heavy atom. The van der Waals surface area contributed by atoms with Crippen molar-refractivity contribution in [3.63, 3.8) is 0 Å². The fourth-order valence-electron chi connectivity index (χ4n) is 3.89. The molecule has 0 aliphatic rings. The lowest BCUT2D eigenvalue weighted by atomic mass is 9.87. The summed E-state index contributed by atoms with van der Waals surface area (Å²) in [4.78, 5) is 26.1. The smallest absolute Gasteiger partial charge is 0.262 e. The molecule has 2 aromatic heterocycles. The quantitative estimate of drug-likeness (QED) is 0.287. The van der Waals surface area contributed by atoms with Gasteiger partial charge in [0, 0.05) is 25.9 Å². The fraction of sp³-hybridized carbons (Fsp3) is 0.385. The number of hydrogen-bond acceptors (Lipinski definition) is 6. The number of ether oxygens (including phenoxy) is 1. The van der Waals surface area contributed by atoms with Crippen molar-refractivity contribution in [1.82, 2.24) is 19.2 Å². The number of amides is 1. The van der Waals surface area contributed by atoms with Crippen molar-refractivity contribution >= 4 is 40.0 Å². The van der Waals surface area contributed by atoms with Crippen LogP contribution in [0.15, 0.2) is 58.5 Å². The van der Waals surface area contributed by atoms with Crippen LogP contribution in [-0.2, 0) is 21.5 Å². The standard InChI is InChI=1S/C26H31N5O3S/c1-17(22(32)27-19-13-11-18(12-14-19)26(2,3)4)35-25-29-28-24-30(15-8-16-34-5)23(33)20-9-6-7-10-21(20)31(24)25/h6-7,9-14,17H,8,15-16H2,1-5H3,(H,27,32). The summed E-state index contributed by atoms with van der Waals surface area (Å²) in [5.41, 5.74) is 2.61. The Labute approximate surface area is 208 Å². The van der Waals surface area contributed by atoms with Crippen molar-refractivity contribution in [2.45, 2.75) is 56.5 Å². The molecule has 1 amide bonds. The highest BCUT2D eigenvalue weighted by atomic mass is 32.2. The molecular weight excluding hydrogens is 462 g/mol. The minimum absolute atomic E-state index is 0.0492. The second-order valence-electron chi connectivity index (χ2n) is 9.51. The Kier molecular flexibility index (Phi) is 7.28. The third kappa shape index (κ3) is 5.26. The summed E-state index contributed by atoms with van der Waals surface area (Å²) in [5.74, 6) is 0.325. The van der Waals surface area contributed by atoms with Crippen molar-refractivity contribution < 1.29 is 9.53 Å². The van der Waals surface area contributed by atoms with Crippen LogP contribution in [0.5, 0.6) is 0 Å². The minimum Gasteiger partial charge on any atom is -0.385 e. The van der Waals surface area contributed by atoms with Crippen LogP contribution >= 0.6 is 11.8 Å². The lowest BCUT2D eigenvalue weighted by Gasteiger charge is -2.19. The van der Waals surface area contributed by atoms with Crippen molar-refractivity contribution in [2.75, 3.05) is 19.0 Å². The molecule has 1 unspecified atom stereocenters. The van der Waals surface area contributed by atoms with E-state index in [1.807, 2.05) is 53.8 Å². The van der Waals surface area contributed by atoms with E-state index in [1.165, 1.54) is 17.3 Å². The number of anilines is 1. The van der Waals surface area contributed by atoms with E-state index < -0.39 is 5.25 Å². The predicted molar refractivity (Wildman–Crippen MR) is 140 cm³/mol. The predicted octanol–water partition coefficient (Wildman–Crippen LogP) is 4.50.